The van der Waals surface area contributed by atoms with Crippen LogP contribution >= 0.6 is 0 Å². The van der Waals surface area contributed by atoms with Crippen molar-refractivity contribution in [2.45, 2.75) is 105 Å². The number of aromatic hydroxyl groups is 1. The maximum absolute atomic E-state index is 12.4. The summed E-state index contributed by atoms with van der Waals surface area (Å²) in [5.41, 5.74) is 16.2. The molecule has 4 nitrogen and oxygen atoms in total. The summed E-state index contributed by atoms with van der Waals surface area (Å²) in [5, 5.41) is 12.4. The van der Waals surface area contributed by atoms with Crippen LogP contribution in [-0.4, -0.2) is 19.6 Å². The summed E-state index contributed by atoms with van der Waals surface area (Å²) in [6.45, 7) is 25.9. The second-order valence-corrected chi connectivity index (χ2v) is 20.3. The Labute approximate surface area is 370 Å². The van der Waals surface area contributed by atoms with E-state index in [2.05, 4.69) is 189 Å². The number of phenolic OH excluding ortho intramolecular Hbond substituents is 1. The summed E-state index contributed by atoms with van der Waals surface area (Å²) < 4.78 is 11.6. The lowest BCUT2D eigenvalue weighted by Crippen LogP contribution is -2.17. The first-order valence-electron chi connectivity index (χ1n) is 22.4. The molecule has 0 fully saturated rings. The zero-order chi connectivity index (χ0) is 45.2. The third-order valence-corrected chi connectivity index (χ3v) is 12.1. The topological polar surface area (TPSA) is 50.9 Å². The number of aromatic nitrogens is 3. The van der Waals surface area contributed by atoms with Crippen molar-refractivity contribution >= 4 is 11.0 Å². The molecule has 0 aliphatic heterocycles. The Morgan fingerprint density at radius 1 is 0.565 bits per heavy atom. The van der Waals surface area contributed by atoms with Gasteiger partial charge in [-0.1, -0.05) is 167 Å². The first-order valence-corrected chi connectivity index (χ1v) is 21.9. The average molecular weight is 817 g/mol. The number of benzene rings is 6. The van der Waals surface area contributed by atoms with Gasteiger partial charge in [-0.25, -0.2) is 4.98 Å². The summed E-state index contributed by atoms with van der Waals surface area (Å²) in [6.07, 6.45) is 1.90. The van der Waals surface area contributed by atoms with Gasteiger partial charge in [0.25, 0.3) is 0 Å². The summed E-state index contributed by atoms with van der Waals surface area (Å²) in [4.78, 5) is 10.5. The highest BCUT2D eigenvalue weighted by Crippen LogP contribution is 2.45. The number of nitrogens with zero attached hydrogens (tertiary/aromatic N) is 3. The van der Waals surface area contributed by atoms with Gasteiger partial charge in [0.05, 0.1) is 22.3 Å². The molecule has 4 heteroatoms. The Bertz CT molecular complexity index is 2980. The van der Waals surface area contributed by atoms with E-state index in [1.165, 1.54) is 11.1 Å². The van der Waals surface area contributed by atoms with Crippen LogP contribution in [0.15, 0.2) is 140 Å². The third-order valence-electron chi connectivity index (χ3n) is 12.1. The van der Waals surface area contributed by atoms with Gasteiger partial charge in [0.1, 0.15) is 11.6 Å². The Morgan fingerprint density at radius 2 is 1.24 bits per heavy atom. The normalized spacial score (nSPS) is 12.8. The van der Waals surface area contributed by atoms with Crippen LogP contribution in [0.1, 0.15) is 111 Å². The predicted molar refractivity (Wildman–Crippen MR) is 263 cm³/mol. The van der Waals surface area contributed by atoms with Crippen molar-refractivity contribution in [3.63, 3.8) is 0 Å². The van der Waals surface area contributed by atoms with Gasteiger partial charge in [-0.2, -0.15) is 0 Å². The fourth-order valence-electron chi connectivity index (χ4n) is 8.42. The van der Waals surface area contributed by atoms with Gasteiger partial charge in [0.15, 0.2) is 0 Å². The third kappa shape index (κ3) is 8.23. The maximum atomic E-state index is 12.4. The van der Waals surface area contributed by atoms with E-state index in [4.69, 9.17) is 9.97 Å². The van der Waals surface area contributed by atoms with Gasteiger partial charge in [-0.3, -0.25) is 9.55 Å². The van der Waals surface area contributed by atoms with E-state index < -0.39 is 5.89 Å². The van der Waals surface area contributed by atoms with Gasteiger partial charge in [-0.05, 0) is 122 Å². The molecule has 8 aromatic rings. The van der Waals surface area contributed by atoms with Crippen molar-refractivity contribution in [1.82, 2.24) is 14.5 Å². The van der Waals surface area contributed by atoms with Gasteiger partial charge in [0.2, 0.25) is 0 Å². The quantitative estimate of drug-likeness (QED) is 0.174. The van der Waals surface area contributed by atoms with Gasteiger partial charge in [0, 0.05) is 29.9 Å². The van der Waals surface area contributed by atoms with E-state index in [1.807, 2.05) is 38.2 Å². The summed E-state index contributed by atoms with van der Waals surface area (Å²) >= 11 is 0. The Balaban J connectivity index is 1.43. The Hall–Kier alpha value is -6.26. The molecule has 0 atom stereocenters. The molecule has 314 valence electrons. The smallest absolute Gasteiger partial charge is 0.149 e. The van der Waals surface area contributed by atoms with Crippen LogP contribution in [0.25, 0.3) is 72.7 Å². The molecule has 0 spiro atoms. The van der Waals surface area contributed by atoms with Crippen molar-refractivity contribution < 1.29 is 6.48 Å². The number of aryl methyl sites for hydroxylation is 1. The molecule has 0 aliphatic rings. The largest absolute Gasteiger partial charge is 0.507 e. The van der Waals surface area contributed by atoms with Crippen LogP contribution in [0, 0.1) is 6.92 Å². The van der Waals surface area contributed by atoms with Crippen LogP contribution < -0.4 is 0 Å². The van der Waals surface area contributed by atoms with Crippen LogP contribution in [0.5, 0.6) is 5.75 Å². The van der Waals surface area contributed by atoms with Gasteiger partial charge >= 0.3 is 0 Å². The van der Waals surface area contributed by atoms with E-state index in [1.54, 1.807) is 0 Å². The van der Waals surface area contributed by atoms with E-state index in [0.717, 1.165) is 78.0 Å². The van der Waals surface area contributed by atoms with Crippen molar-refractivity contribution in [1.29, 1.82) is 0 Å². The molecule has 0 aliphatic carbocycles. The lowest BCUT2D eigenvalue weighted by atomic mass is 9.79. The molecule has 8 rings (SSSR count). The van der Waals surface area contributed by atoms with E-state index >= 15 is 0 Å². The minimum atomic E-state index is -0.912. The SMILES string of the molecule is [2H]C(C)(C)c1cc(-n2c(-c3cc(C(C)(C)C)cc(C(C)(C)C)c3O)nc3c(-c4cc(-c5cc(-c6ccc(C)cc6)ccn5)cc(C(C)(C)C)c4)cccc32)ccc1-c1ccccc1. The predicted octanol–water partition coefficient (Wildman–Crippen LogP) is 15.8. The molecule has 0 saturated heterocycles. The minimum Gasteiger partial charge on any atom is -0.507 e. The Kier molecular flexibility index (Phi) is 10.5. The number of imidazole rings is 1. The lowest BCUT2D eigenvalue weighted by molar-refractivity contribution is 0.446. The van der Waals surface area contributed by atoms with E-state index in [9.17, 15) is 6.48 Å². The van der Waals surface area contributed by atoms with Crippen molar-refractivity contribution in [3.05, 3.63) is 167 Å². The summed E-state index contributed by atoms with van der Waals surface area (Å²) in [5.74, 6) is -0.0370. The monoisotopic (exact) mass is 816 g/mol. The van der Waals surface area contributed by atoms with Crippen molar-refractivity contribution in [3.8, 4) is 67.5 Å². The highest BCUT2D eigenvalue weighted by Gasteiger charge is 2.29. The molecular weight excluding hydrogens is 755 g/mol. The zero-order valence-corrected chi connectivity index (χ0v) is 38.6. The molecule has 0 unspecified atom stereocenters. The second kappa shape index (κ2) is 15.9. The van der Waals surface area contributed by atoms with Crippen LogP contribution in [-0.2, 0) is 16.2 Å². The van der Waals surface area contributed by atoms with E-state index in [0.29, 0.717) is 11.4 Å². The molecule has 0 amide bonds. The van der Waals surface area contributed by atoms with Crippen LogP contribution in [0.3, 0.4) is 0 Å². The van der Waals surface area contributed by atoms with Crippen molar-refractivity contribution in [2.75, 3.05) is 0 Å². The fraction of sp³-hybridized carbons (Fsp3) is 0.276. The van der Waals surface area contributed by atoms with Gasteiger partial charge < -0.3 is 5.11 Å². The second-order valence-electron chi connectivity index (χ2n) is 20.3. The number of fused-ring (bicyclic) bond motifs is 1. The van der Waals surface area contributed by atoms with Gasteiger partial charge in [-0.15, -0.1) is 0 Å². The molecule has 0 radical (unpaired) electrons. The number of hydrogen-bond donors (Lipinski definition) is 1. The fourth-order valence-corrected chi connectivity index (χ4v) is 8.42. The first kappa shape index (κ1) is 41.1. The first-order chi connectivity index (χ1) is 29.6. The van der Waals surface area contributed by atoms with E-state index in [-0.39, 0.29) is 22.0 Å². The minimum absolute atomic E-state index is 0.153. The molecule has 0 bridgehead atoms. The van der Waals surface area contributed by atoms with Crippen LogP contribution in [0.2, 0.25) is 0 Å². The highest BCUT2D eigenvalue weighted by atomic mass is 16.3. The number of phenols is 1. The number of pyridine rings is 1. The summed E-state index contributed by atoms with van der Waals surface area (Å²) in [6, 6.07) is 47.1. The molecular formula is C58H61N3O. The molecule has 1 N–H and O–H groups in total. The zero-order valence-electron chi connectivity index (χ0n) is 39.6. The molecule has 0 saturated carbocycles. The standard InChI is InChI=1S/C58H61N3O/c1-36(2)48-35-45(25-26-46(48)39-17-14-13-15-18-39)61-52-20-16-19-47(53(52)60-55(61)49-33-44(57(7,8)9)34-50(54(49)62)58(10,11)12)41-29-42(31-43(30-41)56(4,5)6)51-32-40(27-28-59-51)38-23-21-37(3)22-24-38/h13-36,62H,1-12H3/i36D. The highest BCUT2D eigenvalue weighted by molar-refractivity contribution is 5.97. The molecule has 62 heavy (non-hydrogen) atoms. The average Bonchev–Trinajstić information content (AvgIpc) is 3.62. The molecule has 6 aromatic carbocycles. The lowest BCUT2D eigenvalue weighted by Gasteiger charge is -2.27. The number of para-hydroxylation sites is 1. The van der Waals surface area contributed by atoms with Crippen molar-refractivity contribution in [2.24, 2.45) is 0 Å². The molecule has 2 heterocycles. The maximum Gasteiger partial charge on any atom is 0.149 e. The number of rotatable bonds is 7. The van der Waals surface area contributed by atoms with Crippen LogP contribution in [0.4, 0.5) is 0 Å². The molecule has 2 aromatic heterocycles. The Morgan fingerprint density at radius 3 is 1.90 bits per heavy atom. The summed E-state index contributed by atoms with van der Waals surface area (Å²) in [7, 11) is 0. The number of hydrogen-bond acceptors (Lipinski definition) is 3.